The standard InChI is InChI=1S/C28H21BBrCl2F3N2O8/c30-11-36-24(41)26(31)10-18-15(21(27(26,32)25(36)42)17-9-14(4-7-19(17)38)45-28(33,34)35)5-6-16-20(18)23(40)37(22(16)39)13-3-1-2-12(8-13)29(43)44/h1-5,7-9,16,18,20-21,38,43-44H,6,10-11H2/t16-,18+,20-,21+,26+,27-/m0/s1. The van der Waals surface area contributed by atoms with Crippen molar-refractivity contribution in [1.82, 2.24) is 4.90 Å². The third-order valence-corrected chi connectivity index (χ3v) is 10.9. The smallest absolute Gasteiger partial charge is 0.508 e. The fraction of sp³-hybridized carbons (Fsp3) is 0.357. The van der Waals surface area contributed by atoms with Crippen molar-refractivity contribution >= 4 is 81.0 Å². The van der Waals surface area contributed by atoms with Gasteiger partial charge >= 0.3 is 13.5 Å². The SMILES string of the molecule is O=C1[C@H]2[C@H](CC=C3[C@H]2C[C@@]2(Cl)C(=O)N(CBr)C(=O)[C@@]2(Cl)[C@H]3c2cc(OC(F)(F)F)ccc2O)C(=O)N1c1cccc(B(O)O)c1. The van der Waals surface area contributed by atoms with Crippen LogP contribution in [0.4, 0.5) is 18.9 Å². The van der Waals surface area contributed by atoms with E-state index in [9.17, 15) is 47.5 Å². The second-order valence-corrected chi connectivity index (χ2v) is 13.0. The van der Waals surface area contributed by atoms with Gasteiger partial charge in [-0.15, -0.1) is 36.4 Å². The molecule has 0 spiro atoms. The molecule has 2 aliphatic carbocycles. The van der Waals surface area contributed by atoms with Crippen molar-refractivity contribution in [3.8, 4) is 11.5 Å². The molecule has 0 unspecified atom stereocenters. The number of anilines is 1. The number of carbonyl (C=O) groups excluding carboxylic acids is 4. The summed E-state index contributed by atoms with van der Waals surface area (Å²) in [5.41, 5.74) is -0.299. The van der Waals surface area contributed by atoms with Gasteiger partial charge in [-0.2, -0.15) is 0 Å². The zero-order valence-corrected chi connectivity index (χ0v) is 25.8. The lowest BCUT2D eigenvalue weighted by atomic mass is 9.56. The Bertz CT molecular complexity index is 1690. The molecule has 6 rings (SSSR count). The minimum absolute atomic E-state index is 0.0208. The number of allylic oxidation sites excluding steroid dienone is 2. The molecule has 2 aromatic carbocycles. The topological polar surface area (TPSA) is 145 Å². The zero-order chi connectivity index (χ0) is 32.8. The maximum absolute atomic E-state index is 14.1. The number of likely N-dealkylation sites (tertiary alicyclic amines) is 1. The Morgan fingerprint density at radius 1 is 1.02 bits per heavy atom. The number of benzene rings is 2. The van der Waals surface area contributed by atoms with Crippen LogP contribution in [0.2, 0.25) is 0 Å². The Balaban J connectivity index is 1.52. The van der Waals surface area contributed by atoms with Crippen molar-refractivity contribution in [2.45, 2.75) is 34.9 Å². The maximum atomic E-state index is 14.1. The fourth-order valence-electron chi connectivity index (χ4n) is 7.14. The molecular weight excluding hydrogens is 711 g/mol. The van der Waals surface area contributed by atoms with Crippen LogP contribution in [0, 0.1) is 17.8 Å². The number of phenolic OH excluding ortho intramolecular Hbond substituents is 1. The lowest BCUT2D eigenvalue weighted by Gasteiger charge is -2.50. The Hall–Kier alpha value is -3.11. The number of ether oxygens (including phenoxy) is 1. The van der Waals surface area contributed by atoms with Crippen LogP contribution in [0.25, 0.3) is 0 Å². The number of halogens is 6. The van der Waals surface area contributed by atoms with E-state index >= 15 is 0 Å². The molecule has 45 heavy (non-hydrogen) atoms. The molecule has 4 aliphatic rings. The fourth-order valence-corrected chi connectivity index (χ4v) is 8.56. The average molecular weight is 732 g/mol. The second kappa shape index (κ2) is 10.7. The number of aromatic hydroxyl groups is 1. The van der Waals surface area contributed by atoms with Gasteiger partial charge in [-0.3, -0.25) is 29.0 Å². The average Bonchev–Trinajstić information content (AvgIpc) is 3.31. The molecule has 1 saturated carbocycles. The summed E-state index contributed by atoms with van der Waals surface area (Å²) in [5, 5.41) is 30.2. The van der Waals surface area contributed by atoms with Crippen LogP contribution in [-0.2, 0) is 19.2 Å². The molecule has 236 valence electrons. The Morgan fingerprint density at radius 2 is 1.73 bits per heavy atom. The summed E-state index contributed by atoms with van der Waals surface area (Å²) in [4.78, 5) is 52.3. The van der Waals surface area contributed by atoms with Crippen LogP contribution in [-0.4, -0.2) is 72.4 Å². The minimum Gasteiger partial charge on any atom is -0.508 e. The van der Waals surface area contributed by atoms with Gasteiger partial charge in [0, 0.05) is 11.5 Å². The first kappa shape index (κ1) is 31.9. The predicted octanol–water partition coefficient (Wildman–Crippen LogP) is 2.89. The van der Waals surface area contributed by atoms with Gasteiger partial charge in [0.15, 0.2) is 9.75 Å². The van der Waals surface area contributed by atoms with Crippen molar-refractivity contribution in [1.29, 1.82) is 0 Å². The maximum Gasteiger partial charge on any atom is 0.573 e. The van der Waals surface area contributed by atoms with Gasteiger partial charge in [0.05, 0.1) is 23.0 Å². The zero-order valence-electron chi connectivity index (χ0n) is 22.7. The third kappa shape index (κ3) is 4.61. The number of phenols is 1. The summed E-state index contributed by atoms with van der Waals surface area (Å²) < 4.78 is 43.5. The molecule has 2 heterocycles. The van der Waals surface area contributed by atoms with Crippen molar-refractivity contribution in [3.63, 3.8) is 0 Å². The van der Waals surface area contributed by atoms with Crippen molar-refractivity contribution in [3.05, 3.63) is 59.7 Å². The van der Waals surface area contributed by atoms with E-state index in [0.29, 0.717) is 0 Å². The molecule has 0 aromatic heterocycles. The summed E-state index contributed by atoms with van der Waals surface area (Å²) in [5.74, 6) is -9.16. The van der Waals surface area contributed by atoms with E-state index in [0.717, 1.165) is 28.0 Å². The van der Waals surface area contributed by atoms with Gasteiger partial charge in [0.25, 0.3) is 11.8 Å². The third-order valence-electron chi connectivity index (χ3n) is 8.98. The number of amides is 4. The second-order valence-electron chi connectivity index (χ2n) is 11.2. The molecule has 2 saturated heterocycles. The number of fused-ring (bicyclic) bond motifs is 4. The molecule has 0 bridgehead atoms. The predicted molar refractivity (Wildman–Crippen MR) is 157 cm³/mol. The molecule has 3 fully saturated rings. The van der Waals surface area contributed by atoms with Crippen LogP contribution in [0.1, 0.15) is 24.3 Å². The van der Waals surface area contributed by atoms with E-state index in [1.807, 2.05) is 0 Å². The molecule has 0 radical (unpaired) electrons. The number of hydrogen-bond donors (Lipinski definition) is 3. The number of imide groups is 2. The Kier molecular flexibility index (Phi) is 7.59. The Morgan fingerprint density at radius 3 is 2.38 bits per heavy atom. The first-order chi connectivity index (χ1) is 21.0. The van der Waals surface area contributed by atoms with Crippen LogP contribution >= 0.6 is 39.1 Å². The first-order valence-corrected chi connectivity index (χ1v) is 15.4. The number of carbonyl (C=O) groups is 4. The highest BCUT2D eigenvalue weighted by molar-refractivity contribution is 9.09. The van der Waals surface area contributed by atoms with Gasteiger partial charge in [-0.1, -0.05) is 39.7 Å². The number of hydrogen-bond acceptors (Lipinski definition) is 8. The van der Waals surface area contributed by atoms with Crippen LogP contribution in [0.15, 0.2) is 54.1 Å². The quantitative estimate of drug-likeness (QED) is 0.140. The molecule has 2 aromatic rings. The highest BCUT2D eigenvalue weighted by Gasteiger charge is 2.76. The molecule has 3 N–H and O–H groups in total. The summed E-state index contributed by atoms with van der Waals surface area (Å²) in [6.07, 6.45) is -4.00. The summed E-state index contributed by atoms with van der Waals surface area (Å²) in [6.45, 7) is 0. The van der Waals surface area contributed by atoms with Crippen molar-refractivity contribution in [2.75, 3.05) is 10.4 Å². The normalized spacial score (nSPS) is 31.1. The van der Waals surface area contributed by atoms with Gasteiger partial charge in [0.1, 0.15) is 11.5 Å². The van der Waals surface area contributed by atoms with Crippen LogP contribution < -0.4 is 15.1 Å². The minimum atomic E-state index is -5.11. The van der Waals surface area contributed by atoms with E-state index in [2.05, 4.69) is 20.7 Å². The lowest BCUT2D eigenvalue weighted by molar-refractivity contribution is -0.274. The monoisotopic (exact) mass is 730 g/mol. The van der Waals surface area contributed by atoms with E-state index < -0.39 is 88.4 Å². The molecule has 4 amide bonds. The largest absolute Gasteiger partial charge is 0.573 e. The van der Waals surface area contributed by atoms with Gasteiger partial charge in [0.2, 0.25) is 11.8 Å². The summed E-state index contributed by atoms with van der Waals surface area (Å²) in [6, 6.07) is 8.13. The first-order valence-electron chi connectivity index (χ1n) is 13.5. The van der Waals surface area contributed by atoms with Crippen LogP contribution in [0.5, 0.6) is 11.5 Å². The molecule has 10 nitrogen and oxygen atoms in total. The molecule has 17 heteroatoms. The molecule has 2 aliphatic heterocycles. The van der Waals surface area contributed by atoms with Crippen molar-refractivity contribution < 1.29 is 52.2 Å². The van der Waals surface area contributed by atoms with Crippen molar-refractivity contribution in [2.24, 2.45) is 17.8 Å². The highest BCUT2D eigenvalue weighted by Crippen LogP contribution is 2.66. The van der Waals surface area contributed by atoms with Gasteiger partial charge < -0.3 is 19.9 Å². The van der Waals surface area contributed by atoms with E-state index in [1.54, 1.807) is 6.08 Å². The number of rotatable bonds is 5. The van der Waals surface area contributed by atoms with Gasteiger partial charge in [-0.25, -0.2) is 0 Å². The van der Waals surface area contributed by atoms with E-state index in [4.69, 9.17) is 23.2 Å². The van der Waals surface area contributed by atoms with E-state index in [1.165, 1.54) is 24.3 Å². The number of nitrogens with zero attached hydrogens (tertiary/aromatic N) is 2. The summed E-state index contributed by atoms with van der Waals surface area (Å²) >= 11 is 17.2. The highest BCUT2D eigenvalue weighted by atomic mass is 79.9. The van der Waals surface area contributed by atoms with Gasteiger partial charge in [-0.05, 0) is 54.6 Å². The summed E-state index contributed by atoms with van der Waals surface area (Å²) in [7, 11) is -1.88. The van der Waals surface area contributed by atoms with E-state index in [-0.39, 0.29) is 34.2 Å². The molecule has 6 atom stereocenters. The Labute approximate surface area is 271 Å². The van der Waals surface area contributed by atoms with Crippen LogP contribution in [0.3, 0.4) is 0 Å². The lowest BCUT2D eigenvalue weighted by Crippen LogP contribution is -2.60. The number of alkyl halides is 6. The molecular formula is C28H21BBrCl2F3N2O8.